The predicted molar refractivity (Wildman–Crippen MR) is 117 cm³/mol. The van der Waals surface area contributed by atoms with E-state index in [9.17, 15) is 5.26 Å². The lowest BCUT2D eigenvalue weighted by molar-refractivity contribution is 0.242. The first-order valence-electron chi connectivity index (χ1n) is 10.1. The van der Waals surface area contributed by atoms with Crippen LogP contribution in [0.15, 0.2) is 36.4 Å². The lowest BCUT2D eigenvalue weighted by Gasteiger charge is -2.13. The van der Waals surface area contributed by atoms with Gasteiger partial charge in [0, 0.05) is 23.7 Å². The zero-order valence-electron chi connectivity index (χ0n) is 17.1. The topological polar surface area (TPSA) is 91.1 Å². The van der Waals surface area contributed by atoms with Gasteiger partial charge in [0.2, 0.25) is 0 Å². The van der Waals surface area contributed by atoms with Crippen molar-refractivity contribution in [2.24, 2.45) is 0 Å². The molecule has 0 amide bonds. The van der Waals surface area contributed by atoms with Crippen LogP contribution in [0.5, 0.6) is 5.75 Å². The Labute approximate surface area is 180 Å². The van der Waals surface area contributed by atoms with Crippen LogP contribution in [-0.4, -0.2) is 34.6 Å². The highest BCUT2D eigenvalue weighted by Gasteiger charge is 2.25. The van der Waals surface area contributed by atoms with Crippen molar-refractivity contribution >= 4 is 11.3 Å². The van der Waals surface area contributed by atoms with Crippen LogP contribution in [0.2, 0.25) is 0 Å². The molecule has 1 aliphatic rings. The molecule has 0 spiro atoms. The normalized spacial score (nSPS) is 15.2. The van der Waals surface area contributed by atoms with Gasteiger partial charge in [-0.05, 0) is 56.0 Å². The number of hydrogen-bond acceptors (Lipinski definition) is 7. The molecule has 0 radical (unpaired) electrons. The average Bonchev–Trinajstić information content (AvgIpc) is 3.39. The highest BCUT2D eigenvalue weighted by molar-refractivity contribution is 7.17. The lowest BCUT2D eigenvalue weighted by Crippen LogP contribution is -2.22. The fourth-order valence-electron chi connectivity index (χ4n) is 3.86. The maximum atomic E-state index is 9.49. The number of fused-ring (bicyclic) bond motifs is 1. The highest BCUT2D eigenvalue weighted by Crippen LogP contribution is 2.40. The van der Waals surface area contributed by atoms with Crippen molar-refractivity contribution in [3.05, 3.63) is 53.1 Å². The third-order valence-electron chi connectivity index (χ3n) is 5.14. The minimum atomic E-state index is 0.00644. The summed E-state index contributed by atoms with van der Waals surface area (Å²) < 4.78 is 5.71. The molecule has 1 aromatic heterocycles. The van der Waals surface area contributed by atoms with Crippen LogP contribution >= 0.6 is 11.3 Å². The standard InChI is InChI=1S/C23H24N4O2S/c1-14(2)29-21-9-6-15(12-16(21)13-24)22-26-27-23(30-22)19-5-3-4-18-17(19)7-8-20(18)25-10-11-28/h3-6,9,12,14,20,25,28H,7-8,10-11H2,1-2H3/t20-/m0/s1. The van der Waals surface area contributed by atoms with Crippen molar-refractivity contribution in [3.8, 4) is 33.0 Å². The van der Waals surface area contributed by atoms with Crippen molar-refractivity contribution in [1.82, 2.24) is 15.5 Å². The molecular weight excluding hydrogens is 396 g/mol. The van der Waals surface area contributed by atoms with Gasteiger partial charge in [0.15, 0.2) is 0 Å². The first-order chi connectivity index (χ1) is 14.6. The Hall–Kier alpha value is -2.79. The molecule has 0 saturated heterocycles. The van der Waals surface area contributed by atoms with E-state index in [4.69, 9.17) is 9.84 Å². The quantitative estimate of drug-likeness (QED) is 0.598. The number of rotatable bonds is 7. The molecule has 2 aromatic carbocycles. The fraction of sp³-hybridized carbons (Fsp3) is 0.348. The Morgan fingerprint density at radius 2 is 2.10 bits per heavy atom. The Kier molecular flexibility index (Phi) is 6.09. The van der Waals surface area contributed by atoms with Crippen LogP contribution in [0.25, 0.3) is 21.1 Å². The van der Waals surface area contributed by atoms with Gasteiger partial charge in [-0.15, -0.1) is 10.2 Å². The number of aromatic nitrogens is 2. The van der Waals surface area contributed by atoms with Gasteiger partial charge in [0.05, 0.1) is 18.3 Å². The van der Waals surface area contributed by atoms with E-state index in [1.165, 1.54) is 22.5 Å². The fourth-order valence-corrected chi connectivity index (χ4v) is 4.75. The summed E-state index contributed by atoms with van der Waals surface area (Å²) >= 11 is 1.53. The number of aliphatic hydroxyl groups is 1. The van der Waals surface area contributed by atoms with Gasteiger partial charge >= 0.3 is 0 Å². The van der Waals surface area contributed by atoms with Crippen LogP contribution < -0.4 is 10.1 Å². The van der Waals surface area contributed by atoms with Gasteiger partial charge in [-0.1, -0.05) is 29.5 Å². The number of benzene rings is 2. The van der Waals surface area contributed by atoms with E-state index < -0.39 is 0 Å². The molecule has 30 heavy (non-hydrogen) atoms. The molecule has 0 fully saturated rings. The van der Waals surface area contributed by atoms with Gasteiger partial charge < -0.3 is 15.2 Å². The molecule has 1 heterocycles. The second kappa shape index (κ2) is 8.92. The van der Waals surface area contributed by atoms with Crippen molar-refractivity contribution in [1.29, 1.82) is 5.26 Å². The van der Waals surface area contributed by atoms with Gasteiger partial charge in [-0.2, -0.15) is 5.26 Å². The number of aliphatic hydroxyl groups excluding tert-OH is 1. The maximum Gasteiger partial charge on any atom is 0.148 e. The monoisotopic (exact) mass is 420 g/mol. The van der Waals surface area contributed by atoms with Crippen LogP contribution in [-0.2, 0) is 6.42 Å². The van der Waals surface area contributed by atoms with Crippen molar-refractivity contribution in [2.75, 3.05) is 13.2 Å². The molecule has 2 N–H and O–H groups in total. The summed E-state index contributed by atoms with van der Waals surface area (Å²) in [6.07, 6.45) is 2.00. The summed E-state index contributed by atoms with van der Waals surface area (Å²) in [6, 6.07) is 14.3. The molecule has 0 saturated carbocycles. The van der Waals surface area contributed by atoms with Gasteiger partial charge in [0.25, 0.3) is 0 Å². The minimum Gasteiger partial charge on any atom is -0.490 e. The number of nitriles is 1. The predicted octanol–water partition coefficient (Wildman–Crippen LogP) is 4.10. The van der Waals surface area contributed by atoms with E-state index in [0.717, 1.165) is 34.0 Å². The van der Waals surface area contributed by atoms with E-state index in [2.05, 4.69) is 39.8 Å². The molecule has 7 heteroatoms. The second-order valence-corrected chi connectivity index (χ2v) is 8.52. The summed E-state index contributed by atoms with van der Waals surface area (Å²) in [5, 5.41) is 32.5. The van der Waals surface area contributed by atoms with E-state index in [-0.39, 0.29) is 18.8 Å². The molecule has 0 aliphatic heterocycles. The number of hydrogen-bond donors (Lipinski definition) is 2. The Bertz CT molecular complexity index is 1090. The first-order valence-corrected chi connectivity index (χ1v) is 10.9. The van der Waals surface area contributed by atoms with Gasteiger partial charge in [-0.3, -0.25) is 0 Å². The highest BCUT2D eigenvalue weighted by atomic mass is 32.1. The SMILES string of the molecule is CC(C)Oc1ccc(-c2nnc(-c3cccc4c3CC[C@@H]4NCCO)s2)cc1C#N. The van der Waals surface area contributed by atoms with Crippen LogP contribution in [0, 0.1) is 11.3 Å². The lowest BCUT2D eigenvalue weighted by atomic mass is 10.0. The van der Waals surface area contributed by atoms with Gasteiger partial charge in [0.1, 0.15) is 21.8 Å². The van der Waals surface area contributed by atoms with Crippen molar-refractivity contribution < 1.29 is 9.84 Å². The first kappa shape index (κ1) is 20.5. The number of nitrogens with one attached hydrogen (secondary N) is 1. The molecule has 0 unspecified atom stereocenters. The molecule has 0 bridgehead atoms. The third-order valence-corrected chi connectivity index (χ3v) is 6.14. The largest absolute Gasteiger partial charge is 0.490 e. The van der Waals surface area contributed by atoms with Crippen LogP contribution in [0.3, 0.4) is 0 Å². The maximum absolute atomic E-state index is 9.49. The van der Waals surface area contributed by atoms with Gasteiger partial charge in [-0.25, -0.2) is 0 Å². The summed E-state index contributed by atoms with van der Waals surface area (Å²) in [5.74, 6) is 0.586. The van der Waals surface area contributed by atoms with E-state index in [0.29, 0.717) is 17.9 Å². The smallest absolute Gasteiger partial charge is 0.148 e. The summed E-state index contributed by atoms with van der Waals surface area (Å²) in [6.45, 7) is 4.61. The van der Waals surface area contributed by atoms with Crippen LogP contribution in [0.4, 0.5) is 0 Å². The molecule has 3 aromatic rings. The molecule has 4 rings (SSSR count). The molecule has 1 atom stereocenters. The molecule has 1 aliphatic carbocycles. The Morgan fingerprint density at radius 3 is 2.87 bits per heavy atom. The average molecular weight is 421 g/mol. The third kappa shape index (κ3) is 4.08. The Morgan fingerprint density at radius 1 is 1.27 bits per heavy atom. The molecular formula is C23H24N4O2S. The Balaban J connectivity index is 1.63. The van der Waals surface area contributed by atoms with Crippen molar-refractivity contribution in [2.45, 2.75) is 38.8 Å². The van der Waals surface area contributed by atoms with E-state index >= 15 is 0 Å². The van der Waals surface area contributed by atoms with E-state index in [1.807, 2.05) is 32.0 Å². The minimum absolute atomic E-state index is 0.00644. The summed E-state index contributed by atoms with van der Waals surface area (Å²) in [5.41, 5.74) is 5.05. The zero-order valence-corrected chi connectivity index (χ0v) is 17.9. The molecule has 6 nitrogen and oxygen atoms in total. The zero-order chi connectivity index (χ0) is 21.1. The second-order valence-electron chi connectivity index (χ2n) is 7.54. The summed E-state index contributed by atoms with van der Waals surface area (Å²) in [7, 11) is 0. The van der Waals surface area contributed by atoms with Crippen molar-refractivity contribution in [3.63, 3.8) is 0 Å². The summed E-state index contributed by atoms with van der Waals surface area (Å²) in [4.78, 5) is 0. The number of nitrogens with zero attached hydrogens (tertiary/aromatic N) is 3. The number of ether oxygens (including phenoxy) is 1. The molecule has 154 valence electrons. The van der Waals surface area contributed by atoms with E-state index in [1.54, 1.807) is 0 Å². The van der Waals surface area contributed by atoms with Crippen LogP contribution in [0.1, 0.15) is 43.0 Å².